The van der Waals surface area contributed by atoms with Crippen molar-refractivity contribution in [3.8, 4) is 5.69 Å². The highest BCUT2D eigenvalue weighted by atomic mass is 35.5. The molecule has 1 N–H and O–H groups in total. The van der Waals surface area contributed by atoms with Gasteiger partial charge in [0.1, 0.15) is 11.0 Å². The minimum absolute atomic E-state index is 0.325. The van der Waals surface area contributed by atoms with Gasteiger partial charge in [0.05, 0.1) is 22.4 Å². The van der Waals surface area contributed by atoms with E-state index in [-0.39, 0.29) is 0 Å². The molecule has 3 rings (SSSR count). The Morgan fingerprint density at radius 2 is 2.16 bits per heavy atom. The predicted octanol–water partition coefficient (Wildman–Crippen LogP) is 4.32. The van der Waals surface area contributed by atoms with Gasteiger partial charge in [0, 0.05) is 11.9 Å². The van der Waals surface area contributed by atoms with Crippen LogP contribution in [0.4, 0.5) is 0 Å². The zero-order valence-corrected chi connectivity index (χ0v) is 12.7. The normalized spacial score (nSPS) is 11.6. The van der Waals surface area contributed by atoms with E-state index in [0.29, 0.717) is 15.7 Å². The first-order chi connectivity index (χ1) is 9.09. The van der Waals surface area contributed by atoms with Gasteiger partial charge >= 0.3 is 0 Å². The Bertz CT molecular complexity index is 800. The molecule has 7 heteroatoms. The zero-order valence-electron chi connectivity index (χ0n) is 10.3. The maximum Gasteiger partial charge on any atom is 0.182 e. The molecule has 0 saturated heterocycles. The molecule has 0 radical (unpaired) electrons. The second-order valence-electron chi connectivity index (χ2n) is 4.54. The Balaban J connectivity index is 2.42. The molecule has 98 valence electrons. The second-order valence-corrected chi connectivity index (χ2v) is 5.86. The highest BCUT2D eigenvalue weighted by Crippen LogP contribution is 2.31. The average Bonchev–Trinajstić information content (AvgIpc) is 2.96. The van der Waals surface area contributed by atoms with Crippen LogP contribution in [0.15, 0.2) is 18.3 Å². The number of hydrogen-bond acceptors (Lipinski definition) is 4. The summed E-state index contributed by atoms with van der Waals surface area (Å²) < 4.78 is 11.2. The van der Waals surface area contributed by atoms with Gasteiger partial charge in [0.2, 0.25) is 0 Å². The minimum Gasteiger partial charge on any atom is -0.337 e. The van der Waals surface area contributed by atoms with E-state index >= 15 is 0 Å². The molecule has 0 saturated carbocycles. The van der Waals surface area contributed by atoms with Gasteiger partial charge in [-0.05, 0) is 30.3 Å². The van der Waals surface area contributed by atoms with E-state index in [9.17, 15) is 0 Å². The number of nitrogens with zero attached hydrogens (tertiary/aromatic N) is 3. The Hall–Kier alpha value is -1.24. The highest BCUT2D eigenvalue weighted by molar-refractivity contribution is 7.71. The van der Waals surface area contributed by atoms with Crippen LogP contribution >= 0.6 is 35.5 Å². The van der Waals surface area contributed by atoms with Gasteiger partial charge in [0.15, 0.2) is 4.77 Å². The standard InChI is InChI=1S/C12H11ClN4S2/c1-6(2)9-5-14-12(18)17(9)11-7(13)3-4-8-10(11)16-19-15-8/h3-6H,1-2H3,(H,14,18). The second kappa shape index (κ2) is 4.70. The quantitative estimate of drug-likeness (QED) is 0.717. The van der Waals surface area contributed by atoms with Gasteiger partial charge in [-0.15, -0.1) is 0 Å². The summed E-state index contributed by atoms with van der Waals surface area (Å²) in [4.78, 5) is 3.08. The Morgan fingerprint density at radius 1 is 1.37 bits per heavy atom. The number of H-pyrrole nitrogens is 1. The van der Waals surface area contributed by atoms with Crippen molar-refractivity contribution < 1.29 is 0 Å². The van der Waals surface area contributed by atoms with Crippen LogP contribution in [0.25, 0.3) is 16.7 Å². The van der Waals surface area contributed by atoms with E-state index in [4.69, 9.17) is 23.8 Å². The summed E-state index contributed by atoms with van der Waals surface area (Å²) in [7, 11) is 0. The van der Waals surface area contributed by atoms with Crippen LogP contribution in [0.5, 0.6) is 0 Å². The van der Waals surface area contributed by atoms with E-state index in [0.717, 1.165) is 22.4 Å². The van der Waals surface area contributed by atoms with Crippen LogP contribution in [0, 0.1) is 4.77 Å². The van der Waals surface area contributed by atoms with Crippen molar-refractivity contribution in [2.24, 2.45) is 0 Å². The van der Waals surface area contributed by atoms with Gasteiger partial charge < -0.3 is 4.98 Å². The van der Waals surface area contributed by atoms with Gasteiger partial charge in [-0.1, -0.05) is 25.4 Å². The summed E-state index contributed by atoms with van der Waals surface area (Å²) in [6.45, 7) is 4.23. The van der Waals surface area contributed by atoms with Crippen LogP contribution in [0.1, 0.15) is 25.5 Å². The molecular weight excluding hydrogens is 300 g/mol. The lowest BCUT2D eigenvalue weighted by Gasteiger charge is -2.12. The number of halogens is 1. The summed E-state index contributed by atoms with van der Waals surface area (Å²) in [6, 6.07) is 3.70. The Kier molecular flexibility index (Phi) is 3.16. The summed E-state index contributed by atoms with van der Waals surface area (Å²) in [5.41, 5.74) is 3.51. The number of nitrogens with one attached hydrogen (secondary N) is 1. The van der Waals surface area contributed by atoms with Crippen molar-refractivity contribution in [1.29, 1.82) is 0 Å². The first kappa shape index (κ1) is 12.8. The molecule has 1 aromatic carbocycles. The van der Waals surface area contributed by atoms with Crippen molar-refractivity contribution in [1.82, 2.24) is 18.3 Å². The first-order valence-electron chi connectivity index (χ1n) is 5.81. The fourth-order valence-electron chi connectivity index (χ4n) is 2.06. The Labute approximate surface area is 124 Å². The molecule has 4 nitrogen and oxygen atoms in total. The molecule has 19 heavy (non-hydrogen) atoms. The van der Waals surface area contributed by atoms with E-state index in [1.807, 2.05) is 22.9 Å². The lowest BCUT2D eigenvalue weighted by molar-refractivity contribution is 0.785. The highest BCUT2D eigenvalue weighted by Gasteiger charge is 2.17. The smallest absolute Gasteiger partial charge is 0.182 e. The van der Waals surface area contributed by atoms with E-state index in [2.05, 4.69) is 27.6 Å². The van der Waals surface area contributed by atoms with Crippen molar-refractivity contribution >= 4 is 46.6 Å². The third-order valence-corrected chi connectivity index (χ3v) is 4.12. The maximum atomic E-state index is 6.36. The monoisotopic (exact) mass is 310 g/mol. The fraction of sp³-hybridized carbons (Fsp3) is 0.250. The number of aromatic nitrogens is 4. The van der Waals surface area contributed by atoms with Gasteiger partial charge in [-0.2, -0.15) is 8.75 Å². The van der Waals surface area contributed by atoms with Crippen molar-refractivity contribution in [3.63, 3.8) is 0 Å². The van der Waals surface area contributed by atoms with Crippen molar-refractivity contribution in [3.05, 3.63) is 33.8 Å². The SMILES string of the molecule is CC(C)c1c[nH]c(=S)n1-c1c(Cl)ccc2nsnc12. The van der Waals surface area contributed by atoms with Crippen LogP contribution in [0.2, 0.25) is 5.02 Å². The molecule has 0 bridgehead atoms. The lowest BCUT2D eigenvalue weighted by atomic mass is 10.1. The molecule has 0 spiro atoms. The molecule has 0 aliphatic carbocycles. The largest absolute Gasteiger partial charge is 0.337 e. The fourth-order valence-corrected chi connectivity index (χ4v) is 3.09. The molecule has 3 aromatic rings. The molecule has 0 fully saturated rings. The predicted molar refractivity (Wildman–Crippen MR) is 81.0 cm³/mol. The molecular formula is C12H11ClN4S2. The number of hydrogen-bond donors (Lipinski definition) is 1. The first-order valence-corrected chi connectivity index (χ1v) is 7.32. The van der Waals surface area contributed by atoms with Crippen LogP contribution < -0.4 is 0 Å². The third kappa shape index (κ3) is 2.00. The zero-order chi connectivity index (χ0) is 13.6. The van der Waals surface area contributed by atoms with E-state index < -0.39 is 0 Å². The number of imidazole rings is 1. The molecule has 0 amide bonds. The van der Waals surface area contributed by atoms with Crippen LogP contribution in [-0.2, 0) is 0 Å². The number of benzene rings is 1. The van der Waals surface area contributed by atoms with Crippen molar-refractivity contribution in [2.45, 2.75) is 19.8 Å². The molecule has 0 aliphatic rings. The van der Waals surface area contributed by atoms with Crippen LogP contribution in [0.3, 0.4) is 0 Å². The number of aromatic amines is 1. The molecule has 2 aromatic heterocycles. The molecule has 0 unspecified atom stereocenters. The van der Waals surface area contributed by atoms with Gasteiger partial charge in [0.25, 0.3) is 0 Å². The summed E-state index contributed by atoms with van der Waals surface area (Å²) >= 11 is 12.9. The van der Waals surface area contributed by atoms with Gasteiger partial charge in [-0.3, -0.25) is 4.57 Å². The molecule has 0 atom stereocenters. The van der Waals surface area contributed by atoms with E-state index in [1.54, 1.807) is 0 Å². The van der Waals surface area contributed by atoms with Crippen molar-refractivity contribution in [2.75, 3.05) is 0 Å². The Morgan fingerprint density at radius 3 is 2.89 bits per heavy atom. The van der Waals surface area contributed by atoms with Crippen LogP contribution in [-0.4, -0.2) is 18.3 Å². The summed E-state index contributed by atoms with van der Waals surface area (Å²) in [5.74, 6) is 0.325. The molecule has 2 heterocycles. The maximum absolute atomic E-state index is 6.36. The van der Waals surface area contributed by atoms with E-state index in [1.165, 1.54) is 11.7 Å². The molecule has 0 aliphatic heterocycles. The minimum atomic E-state index is 0.325. The lowest BCUT2D eigenvalue weighted by Crippen LogP contribution is -2.03. The topological polar surface area (TPSA) is 46.5 Å². The summed E-state index contributed by atoms with van der Waals surface area (Å²) in [6.07, 6.45) is 1.92. The average molecular weight is 311 g/mol. The third-order valence-electron chi connectivity index (χ3n) is 2.97. The number of rotatable bonds is 2. The van der Waals surface area contributed by atoms with Gasteiger partial charge in [-0.25, -0.2) is 0 Å². The number of fused-ring (bicyclic) bond motifs is 1. The summed E-state index contributed by atoms with van der Waals surface area (Å²) in [5, 5.41) is 0.623.